The van der Waals surface area contributed by atoms with E-state index in [4.69, 9.17) is 14.2 Å². The molecule has 2 aromatic rings. The third-order valence-electron chi connectivity index (χ3n) is 8.10. The fraction of sp³-hybridized carbons (Fsp3) is 0.516. The number of aryl methyl sites for hydroxylation is 1. The summed E-state index contributed by atoms with van der Waals surface area (Å²) in [6.07, 6.45) is 3.39. The summed E-state index contributed by atoms with van der Waals surface area (Å²) in [4.78, 5) is 41.0. The van der Waals surface area contributed by atoms with Crippen molar-refractivity contribution in [1.82, 2.24) is 15.5 Å². The molecule has 2 aliphatic rings. The molecule has 1 fully saturated rings. The molecule has 10 heteroatoms. The molecular formula is C31H42N4O6. The van der Waals surface area contributed by atoms with Crippen molar-refractivity contribution in [2.24, 2.45) is 0 Å². The predicted octanol–water partition coefficient (Wildman–Crippen LogP) is 3.26. The van der Waals surface area contributed by atoms with Gasteiger partial charge in [0.05, 0.1) is 33.1 Å². The van der Waals surface area contributed by atoms with E-state index in [9.17, 15) is 14.4 Å². The summed E-state index contributed by atoms with van der Waals surface area (Å²) in [6, 6.07) is 6.30. The Bertz CT molecular complexity index is 1350. The molecule has 1 unspecified atom stereocenters. The lowest BCUT2D eigenvalue weighted by atomic mass is 9.95. The average molecular weight is 567 g/mol. The largest absolute Gasteiger partial charge is 0.493 e. The number of rotatable bonds is 10. The Kier molecular flexibility index (Phi) is 9.75. The molecule has 4 rings (SSSR count). The van der Waals surface area contributed by atoms with Gasteiger partial charge in [0.1, 0.15) is 6.04 Å². The molecule has 1 heterocycles. The van der Waals surface area contributed by atoms with Crippen LogP contribution in [-0.2, 0) is 16.0 Å². The number of nitrogens with zero attached hydrogens (tertiary/aromatic N) is 1. The molecule has 0 saturated carbocycles. The first-order valence-corrected chi connectivity index (χ1v) is 14.3. The fourth-order valence-corrected chi connectivity index (χ4v) is 6.04. The van der Waals surface area contributed by atoms with Crippen LogP contribution in [0.25, 0.3) is 11.1 Å². The van der Waals surface area contributed by atoms with Crippen LogP contribution in [0.5, 0.6) is 17.2 Å². The number of hydrogen-bond acceptors (Lipinski definition) is 8. The van der Waals surface area contributed by atoms with Crippen molar-refractivity contribution in [2.75, 3.05) is 46.3 Å². The Morgan fingerprint density at radius 2 is 1.83 bits per heavy atom. The normalized spacial score (nSPS) is 18.8. The summed E-state index contributed by atoms with van der Waals surface area (Å²) < 4.78 is 17.1. The summed E-state index contributed by atoms with van der Waals surface area (Å²) in [5.74, 6) is 1.11. The van der Waals surface area contributed by atoms with Crippen molar-refractivity contribution < 1.29 is 23.8 Å². The molecule has 0 bridgehead atoms. The zero-order chi connectivity index (χ0) is 29.7. The quantitative estimate of drug-likeness (QED) is 0.401. The van der Waals surface area contributed by atoms with Gasteiger partial charge in [-0.05, 0) is 80.6 Å². The first-order chi connectivity index (χ1) is 19.7. The lowest BCUT2D eigenvalue weighted by molar-refractivity contribution is -0.122. The molecule has 2 aromatic carbocycles. The molecule has 222 valence electrons. The van der Waals surface area contributed by atoms with Crippen LogP contribution in [0.3, 0.4) is 0 Å². The summed E-state index contributed by atoms with van der Waals surface area (Å²) in [6.45, 7) is 7.94. The zero-order valence-corrected chi connectivity index (χ0v) is 24.9. The molecule has 41 heavy (non-hydrogen) atoms. The van der Waals surface area contributed by atoms with Crippen LogP contribution in [0.1, 0.15) is 57.2 Å². The van der Waals surface area contributed by atoms with Crippen LogP contribution in [0.2, 0.25) is 0 Å². The molecule has 1 saturated heterocycles. The van der Waals surface area contributed by atoms with Gasteiger partial charge in [-0.15, -0.1) is 0 Å². The number of anilines is 1. The second-order valence-electron chi connectivity index (χ2n) is 10.6. The number of fused-ring (bicyclic) bond motifs is 3. The van der Waals surface area contributed by atoms with Gasteiger partial charge in [-0.25, -0.2) is 0 Å². The minimum atomic E-state index is -0.626. The van der Waals surface area contributed by atoms with E-state index in [1.807, 2.05) is 12.1 Å². The standard InChI is InChI=1S/C31H42N4O6/c1-7-35-14-8-9-21(35)17-32-31(38)18(2)33-25-13-11-22-23(16-26(25)37)24(34-19(3)36)12-10-20-15-27(39-4)29(40-5)30(41-6)28(20)22/h11,13,15-16,18,21,24H,7-10,12,14,17H2,1-6H3,(H,32,38)(H,33,37)(H,34,36)/t18-,21?,24-/m0/s1. The van der Waals surface area contributed by atoms with E-state index in [0.717, 1.165) is 42.6 Å². The number of nitrogens with one attached hydrogen (secondary N) is 3. The Morgan fingerprint density at radius 1 is 1.07 bits per heavy atom. The Labute approximate surface area is 241 Å². The highest BCUT2D eigenvalue weighted by atomic mass is 16.5. The second kappa shape index (κ2) is 13.2. The number of carbonyl (C=O) groups excluding carboxylic acids is 2. The van der Waals surface area contributed by atoms with Gasteiger partial charge >= 0.3 is 0 Å². The topological polar surface area (TPSA) is 118 Å². The molecule has 3 N–H and O–H groups in total. The van der Waals surface area contributed by atoms with Gasteiger partial charge in [-0.3, -0.25) is 19.3 Å². The van der Waals surface area contributed by atoms with Gasteiger partial charge in [-0.2, -0.15) is 0 Å². The molecule has 2 amide bonds. The summed E-state index contributed by atoms with van der Waals surface area (Å²) in [5.41, 5.74) is 3.13. The van der Waals surface area contributed by atoms with Gasteiger partial charge in [-0.1, -0.05) is 13.0 Å². The first-order valence-electron chi connectivity index (χ1n) is 14.3. The number of hydrogen-bond donors (Lipinski definition) is 3. The minimum absolute atomic E-state index is 0.166. The highest BCUT2D eigenvalue weighted by molar-refractivity contribution is 5.85. The van der Waals surface area contributed by atoms with E-state index in [2.05, 4.69) is 27.8 Å². The summed E-state index contributed by atoms with van der Waals surface area (Å²) in [7, 11) is 4.68. The number of methoxy groups -OCH3 is 3. The van der Waals surface area contributed by atoms with Gasteiger partial charge in [0.15, 0.2) is 11.5 Å². The number of benzene rings is 1. The van der Waals surface area contributed by atoms with Crippen molar-refractivity contribution in [3.8, 4) is 28.4 Å². The highest BCUT2D eigenvalue weighted by Crippen LogP contribution is 2.50. The van der Waals surface area contributed by atoms with Crippen LogP contribution >= 0.6 is 0 Å². The van der Waals surface area contributed by atoms with Crippen LogP contribution in [0.4, 0.5) is 5.69 Å². The van der Waals surface area contributed by atoms with Crippen molar-refractivity contribution in [1.29, 1.82) is 0 Å². The van der Waals surface area contributed by atoms with Crippen LogP contribution in [-0.4, -0.2) is 69.8 Å². The van der Waals surface area contributed by atoms with E-state index in [-0.39, 0.29) is 17.2 Å². The molecule has 0 spiro atoms. The van der Waals surface area contributed by atoms with Crippen LogP contribution < -0.4 is 35.6 Å². The number of carbonyl (C=O) groups is 2. The Morgan fingerprint density at radius 3 is 2.49 bits per heavy atom. The maximum Gasteiger partial charge on any atom is 0.242 e. The molecule has 1 aliphatic carbocycles. The molecule has 0 aromatic heterocycles. The van der Waals surface area contributed by atoms with Crippen molar-refractivity contribution in [3.63, 3.8) is 0 Å². The Balaban J connectivity index is 1.72. The maximum atomic E-state index is 13.5. The average Bonchev–Trinajstić information content (AvgIpc) is 3.30. The highest BCUT2D eigenvalue weighted by Gasteiger charge is 2.30. The van der Waals surface area contributed by atoms with Gasteiger partial charge < -0.3 is 30.2 Å². The lowest BCUT2D eigenvalue weighted by Gasteiger charge is -2.24. The van der Waals surface area contributed by atoms with E-state index < -0.39 is 12.1 Å². The molecule has 3 atom stereocenters. The molecular weight excluding hydrogens is 524 g/mol. The van der Waals surface area contributed by atoms with Gasteiger partial charge in [0, 0.05) is 25.1 Å². The van der Waals surface area contributed by atoms with E-state index in [0.29, 0.717) is 53.9 Å². The number of amides is 2. The number of likely N-dealkylation sites (tertiary alicyclic amines) is 1. The van der Waals surface area contributed by atoms with Gasteiger partial charge in [0.25, 0.3) is 0 Å². The second-order valence-corrected chi connectivity index (χ2v) is 10.6. The van der Waals surface area contributed by atoms with Crippen molar-refractivity contribution in [2.45, 2.75) is 64.6 Å². The molecule has 10 nitrogen and oxygen atoms in total. The lowest BCUT2D eigenvalue weighted by Crippen LogP contribution is -2.45. The molecule has 1 aliphatic heterocycles. The van der Waals surface area contributed by atoms with Crippen molar-refractivity contribution in [3.05, 3.63) is 45.6 Å². The summed E-state index contributed by atoms with van der Waals surface area (Å²) in [5, 5.41) is 9.17. The van der Waals surface area contributed by atoms with Gasteiger partial charge in [0.2, 0.25) is 23.0 Å². The van der Waals surface area contributed by atoms with E-state index >= 15 is 0 Å². The Hall–Kier alpha value is -3.79. The fourth-order valence-electron chi connectivity index (χ4n) is 6.04. The minimum Gasteiger partial charge on any atom is -0.493 e. The monoisotopic (exact) mass is 566 g/mol. The number of ether oxygens (including phenoxy) is 3. The SMILES string of the molecule is CCN1CCCC1CNC(=O)[C@H](C)Nc1ccc2c(cc1=O)[C@@H](NC(C)=O)CCc1cc(OC)c(OC)c(OC)c1-2. The van der Waals surface area contributed by atoms with E-state index in [1.54, 1.807) is 40.4 Å². The maximum absolute atomic E-state index is 13.5. The van der Waals surface area contributed by atoms with Crippen LogP contribution in [0, 0.1) is 0 Å². The number of likely N-dealkylation sites (N-methyl/N-ethyl adjacent to an activating group) is 1. The third-order valence-corrected chi connectivity index (χ3v) is 8.10. The van der Waals surface area contributed by atoms with Crippen LogP contribution in [0.15, 0.2) is 29.1 Å². The first kappa shape index (κ1) is 30.2. The predicted molar refractivity (Wildman–Crippen MR) is 159 cm³/mol. The summed E-state index contributed by atoms with van der Waals surface area (Å²) >= 11 is 0. The zero-order valence-electron chi connectivity index (χ0n) is 24.9. The smallest absolute Gasteiger partial charge is 0.242 e. The van der Waals surface area contributed by atoms with Crippen molar-refractivity contribution >= 4 is 17.5 Å². The third kappa shape index (κ3) is 6.43. The molecule has 0 radical (unpaired) electrons. The van der Waals surface area contributed by atoms with E-state index in [1.165, 1.54) is 6.92 Å².